The number of unbranched alkanes of at least 4 members (excludes halogenated alkanes) is 1. The number of hydrogen-bond donors (Lipinski definition) is 2. The van der Waals surface area contributed by atoms with Gasteiger partial charge in [-0.3, -0.25) is 4.79 Å². The fourth-order valence-electron chi connectivity index (χ4n) is 1.46. The van der Waals surface area contributed by atoms with Crippen LogP contribution >= 0.6 is 11.8 Å². The molecule has 0 aliphatic heterocycles. The quantitative estimate of drug-likeness (QED) is 0.593. The largest absolute Gasteiger partial charge is 0.368 e. The topological polar surface area (TPSA) is 55.1 Å². The first-order valence-electron chi connectivity index (χ1n) is 6.52. The van der Waals surface area contributed by atoms with E-state index in [1.807, 2.05) is 18.7 Å². The van der Waals surface area contributed by atoms with Gasteiger partial charge in [0.1, 0.15) is 0 Å². The second-order valence-electron chi connectivity index (χ2n) is 4.99. The van der Waals surface area contributed by atoms with Crippen molar-refractivity contribution < 1.29 is 4.79 Å². The summed E-state index contributed by atoms with van der Waals surface area (Å²) in [6, 6.07) is 0. The second-order valence-corrected chi connectivity index (χ2v) is 6.14. The number of nitrogens with one attached hydrogen (secondary N) is 1. The summed E-state index contributed by atoms with van der Waals surface area (Å²) in [5.41, 5.74) is 4.83. The molecule has 0 bridgehead atoms. The van der Waals surface area contributed by atoms with E-state index in [0.29, 0.717) is 0 Å². The van der Waals surface area contributed by atoms with Crippen LogP contribution in [0.3, 0.4) is 0 Å². The summed E-state index contributed by atoms with van der Waals surface area (Å²) in [5, 5.41) is 3.01. The van der Waals surface area contributed by atoms with Gasteiger partial charge in [-0.1, -0.05) is 26.7 Å². The van der Waals surface area contributed by atoms with Crippen molar-refractivity contribution >= 4 is 17.7 Å². The Balaban J connectivity index is 3.60. The first-order valence-corrected chi connectivity index (χ1v) is 7.68. The van der Waals surface area contributed by atoms with Crippen LogP contribution in [0.15, 0.2) is 0 Å². The molecule has 2 unspecified atom stereocenters. The molecular formula is C13H28N2OS. The molecule has 17 heavy (non-hydrogen) atoms. The Morgan fingerprint density at radius 1 is 1.47 bits per heavy atom. The normalized spacial score (nSPS) is 16.5. The number of primary amides is 1. The summed E-state index contributed by atoms with van der Waals surface area (Å²) in [7, 11) is 1.79. The fourth-order valence-corrected chi connectivity index (χ4v) is 2.67. The third-order valence-corrected chi connectivity index (χ3v) is 4.79. The van der Waals surface area contributed by atoms with Crippen molar-refractivity contribution in [1.29, 1.82) is 0 Å². The van der Waals surface area contributed by atoms with E-state index in [1.54, 1.807) is 7.05 Å². The number of carbonyl (C=O) groups excluding carboxylic acids is 1. The van der Waals surface area contributed by atoms with Gasteiger partial charge in [0.25, 0.3) is 0 Å². The lowest BCUT2D eigenvalue weighted by molar-refractivity contribution is -0.123. The van der Waals surface area contributed by atoms with Crippen LogP contribution in [0.1, 0.15) is 46.5 Å². The Morgan fingerprint density at radius 2 is 2.12 bits per heavy atom. The van der Waals surface area contributed by atoms with Gasteiger partial charge in [0.15, 0.2) is 0 Å². The van der Waals surface area contributed by atoms with Gasteiger partial charge in [0.05, 0.1) is 5.54 Å². The first-order chi connectivity index (χ1) is 7.96. The zero-order valence-electron chi connectivity index (χ0n) is 11.7. The predicted molar refractivity (Wildman–Crippen MR) is 77.3 cm³/mol. The van der Waals surface area contributed by atoms with E-state index in [2.05, 4.69) is 19.2 Å². The van der Waals surface area contributed by atoms with E-state index >= 15 is 0 Å². The molecule has 4 heteroatoms. The van der Waals surface area contributed by atoms with E-state index in [0.717, 1.165) is 25.2 Å². The molecule has 0 spiro atoms. The second kappa shape index (κ2) is 8.81. The van der Waals surface area contributed by atoms with Gasteiger partial charge in [-0.05, 0) is 44.2 Å². The average Bonchev–Trinajstić information content (AvgIpc) is 2.32. The molecule has 0 aromatic carbocycles. The lowest BCUT2D eigenvalue weighted by Crippen LogP contribution is -2.51. The lowest BCUT2D eigenvalue weighted by Gasteiger charge is -2.25. The minimum Gasteiger partial charge on any atom is -0.368 e. The Hall–Kier alpha value is -0.220. The molecule has 102 valence electrons. The highest BCUT2D eigenvalue weighted by Gasteiger charge is 2.27. The molecule has 0 aliphatic rings. The number of likely N-dealkylation sites (N-methyl/N-ethyl adjacent to an activating group) is 1. The summed E-state index contributed by atoms with van der Waals surface area (Å²) in [6.07, 6.45) is 4.29. The van der Waals surface area contributed by atoms with Crippen LogP contribution < -0.4 is 11.1 Å². The number of thioether (sulfide) groups is 1. The van der Waals surface area contributed by atoms with Gasteiger partial charge >= 0.3 is 0 Å². The molecule has 0 rings (SSSR count). The lowest BCUT2D eigenvalue weighted by atomic mass is 9.94. The van der Waals surface area contributed by atoms with Crippen molar-refractivity contribution in [2.24, 2.45) is 11.7 Å². The summed E-state index contributed by atoms with van der Waals surface area (Å²) in [5.74, 6) is 2.99. The monoisotopic (exact) mass is 260 g/mol. The van der Waals surface area contributed by atoms with E-state index in [1.165, 1.54) is 17.9 Å². The highest BCUT2D eigenvalue weighted by molar-refractivity contribution is 7.99. The van der Waals surface area contributed by atoms with Gasteiger partial charge in [0.2, 0.25) is 5.91 Å². The SMILES string of the molecule is CCC(C)CSCCCCC(C)(NC)C(N)=O. The van der Waals surface area contributed by atoms with Crippen LogP contribution in [0.5, 0.6) is 0 Å². The summed E-state index contributed by atoms with van der Waals surface area (Å²) in [6.45, 7) is 6.40. The smallest absolute Gasteiger partial charge is 0.237 e. The molecule has 0 aromatic rings. The molecule has 0 fully saturated rings. The number of hydrogen-bond acceptors (Lipinski definition) is 3. The van der Waals surface area contributed by atoms with Crippen molar-refractivity contribution in [3.63, 3.8) is 0 Å². The third-order valence-electron chi connectivity index (χ3n) is 3.41. The molecule has 1 amide bonds. The number of rotatable bonds is 10. The van der Waals surface area contributed by atoms with Gasteiger partial charge in [-0.15, -0.1) is 0 Å². The van der Waals surface area contributed by atoms with Crippen LogP contribution in [0.2, 0.25) is 0 Å². The van der Waals surface area contributed by atoms with Crippen LogP contribution in [0, 0.1) is 5.92 Å². The Labute approximate surface area is 110 Å². The van der Waals surface area contributed by atoms with Crippen molar-refractivity contribution in [2.75, 3.05) is 18.6 Å². The molecule has 3 nitrogen and oxygen atoms in total. The van der Waals surface area contributed by atoms with Gasteiger partial charge in [-0.25, -0.2) is 0 Å². The Bertz CT molecular complexity index is 223. The molecule has 0 aromatic heterocycles. The maximum Gasteiger partial charge on any atom is 0.237 e. The highest BCUT2D eigenvalue weighted by atomic mass is 32.2. The minimum atomic E-state index is -0.540. The minimum absolute atomic E-state index is 0.257. The Morgan fingerprint density at radius 3 is 2.59 bits per heavy atom. The van der Waals surface area contributed by atoms with E-state index < -0.39 is 5.54 Å². The molecule has 0 heterocycles. The van der Waals surface area contributed by atoms with Gasteiger partial charge in [0, 0.05) is 0 Å². The highest BCUT2D eigenvalue weighted by Crippen LogP contribution is 2.17. The fraction of sp³-hybridized carbons (Fsp3) is 0.923. The summed E-state index contributed by atoms with van der Waals surface area (Å²) >= 11 is 2.02. The van der Waals surface area contributed by atoms with Gasteiger partial charge < -0.3 is 11.1 Å². The number of amides is 1. The maximum absolute atomic E-state index is 11.3. The van der Waals surface area contributed by atoms with E-state index in [-0.39, 0.29) is 5.91 Å². The molecule has 0 saturated carbocycles. The van der Waals surface area contributed by atoms with E-state index in [4.69, 9.17) is 5.73 Å². The standard InChI is InChI=1S/C13H28N2OS/c1-5-11(2)10-17-9-7-6-8-13(3,15-4)12(14)16/h11,15H,5-10H2,1-4H3,(H2,14,16). The molecule has 2 atom stereocenters. The van der Waals surface area contributed by atoms with Crippen LogP contribution in [0.4, 0.5) is 0 Å². The van der Waals surface area contributed by atoms with Crippen LogP contribution in [-0.4, -0.2) is 30.0 Å². The molecule has 3 N–H and O–H groups in total. The van der Waals surface area contributed by atoms with E-state index in [9.17, 15) is 4.79 Å². The van der Waals surface area contributed by atoms with Crippen LogP contribution in [-0.2, 0) is 4.79 Å². The third kappa shape index (κ3) is 6.94. The van der Waals surface area contributed by atoms with Crippen molar-refractivity contribution in [2.45, 2.75) is 52.0 Å². The molecular weight excluding hydrogens is 232 g/mol. The molecule has 0 radical (unpaired) electrons. The van der Waals surface area contributed by atoms with Crippen molar-refractivity contribution in [3.8, 4) is 0 Å². The summed E-state index contributed by atoms with van der Waals surface area (Å²) in [4.78, 5) is 11.3. The first kappa shape index (κ1) is 16.8. The number of nitrogens with two attached hydrogens (primary N) is 1. The van der Waals surface area contributed by atoms with Crippen molar-refractivity contribution in [3.05, 3.63) is 0 Å². The van der Waals surface area contributed by atoms with Gasteiger partial charge in [-0.2, -0.15) is 11.8 Å². The van der Waals surface area contributed by atoms with Crippen molar-refractivity contribution in [1.82, 2.24) is 5.32 Å². The predicted octanol–water partition coefficient (Wildman–Crippen LogP) is 2.40. The molecule has 0 saturated heterocycles. The maximum atomic E-state index is 11.3. The average molecular weight is 260 g/mol. The zero-order valence-corrected chi connectivity index (χ0v) is 12.5. The van der Waals surface area contributed by atoms with Crippen LogP contribution in [0.25, 0.3) is 0 Å². The number of carbonyl (C=O) groups is 1. The zero-order chi connectivity index (χ0) is 13.3. The Kier molecular flexibility index (Phi) is 8.70. The molecule has 0 aliphatic carbocycles. The summed E-state index contributed by atoms with van der Waals surface area (Å²) < 4.78 is 0.